The molecule has 0 bridgehead atoms. The van der Waals surface area contributed by atoms with E-state index in [0.29, 0.717) is 13.2 Å². The third-order valence-corrected chi connectivity index (χ3v) is 3.95. The van der Waals surface area contributed by atoms with Gasteiger partial charge in [0.05, 0.1) is 12.2 Å². The fraction of sp³-hybridized carbons (Fsp3) is 0.235. The summed E-state index contributed by atoms with van der Waals surface area (Å²) in [4.78, 5) is 11.8. The second kappa shape index (κ2) is 7.84. The Hall–Kier alpha value is -2.01. The minimum atomic E-state index is -0.254. The Morgan fingerprint density at radius 3 is 2.64 bits per heavy atom. The summed E-state index contributed by atoms with van der Waals surface area (Å²) in [5.74, 6) is 0.816. The van der Waals surface area contributed by atoms with Crippen LogP contribution in [0.15, 0.2) is 46.9 Å². The van der Waals surface area contributed by atoms with Gasteiger partial charge in [-0.05, 0) is 65.2 Å². The van der Waals surface area contributed by atoms with Gasteiger partial charge in [-0.1, -0.05) is 18.2 Å². The topological polar surface area (TPSA) is 50.4 Å². The Morgan fingerprint density at radius 2 is 1.91 bits per heavy atom. The summed E-state index contributed by atoms with van der Waals surface area (Å²) in [6.45, 7) is 4.97. The second-order valence-electron chi connectivity index (χ2n) is 4.96. The predicted molar refractivity (Wildman–Crippen MR) is 92.6 cm³/mol. The number of ether oxygens (including phenoxy) is 1. The van der Waals surface area contributed by atoms with Gasteiger partial charge in [-0.2, -0.15) is 0 Å². The molecule has 0 unspecified atom stereocenters. The number of halogens is 1. The van der Waals surface area contributed by atoms with Gasteiger partial charge in [-0.3, -0.25) is 0 Å². The zero-order valence-electron chi connectivity index (χ0n) is 12.7. The molecule has 22 heavy (non-hydrogen) atoms. The summed E-state index contributed by atoms with van der Waals surface area (Å²) in [5.41, 5.74) is 3.16. The molecule has 2 amide bonds. The molecule has 0 aliphatic carbocycles. The number of benzene rings is 2. The van der Waals surface area contributed by atoms with Crippen LogP contribution in [0.25, 0.3) is 0 Å². The molecular weight excluding hydrogens is 344 g/mol. The number of nitrogens with one attached hydrogen (secondary N) is 2. The van der Waals surface area contributed by atoms with E-state index in [1.54, 1.807) is 0 Å². The van der Waals surface area contributed by atoms with Crippen molar-refractivity contribution < 1.29 is 9.53 Å². The van der Waals surface area contributed by atoms with E-state index in [2.05, 4.69) is 33.5 Å². The van der Waals surface area contributed by atoms with Crippen molar-refractivity contribution in [3.8, 4) is 5.75 Å². The highest BCUT2D eigenvalue weighted by atomic mass is 79.9. The number of rotatable bonds is 5. The number of urea groups is 1. The number of aryl methyl sites for hydroxylation is 2. The van der Waals surface area contributed by atoms with E-state index in [1.807, 2.05) is 49.4 Å². The first kappa shape index (κ1) is 16.4. The van der Waals surface area contributed by atoms with Crippen LogP contribution in [0.4, 0.5) is 10.5 Å². The van der Waals surface area contributed by atoms with Crippen molar-refractivity contribution in [2.75, 3.05) is 18.5 Å². The van der Waals surface area contributed by atoms with E-state index < -0.39 is 0 Å². The standard InChI is InChI=1S/C17H19BrN2O2/c1-12-7-8-14(11-13(12)2)22-10-9-19-17(21)20-16-6-4-3-5-15(16)18/h3-8,11H,9-10H2,1-2H3,(H2,19,20,21). The Morgan fingerprint density at radius 1 is 1.14 bits per heavy atom. The van der Waals surface area contributed by atoms with E-state index >= 15 is 0 Å². The zero-order chi connectivity index (χ0) is 15.9. The van der Waals surface area contributed by atoms with Crippen LogP contribution in [-0.2, 0) is 0 Å². The molecule has 0 heterocycles. The molecular formula is C17H19BrN2O2. The summed E-state index contributed by atoms with van der Waals surface area (Å²) in [6.07, 6.45) is 0. The third-order valence-electron chi connectivity index (χ3n) is 3.26. The molecule has 0 aromatic heterocycles. The lowest BCUT2D eigenvalue weighted by atomic mass is 10.1. The fourth-order valence-corrected chi connectivity index (χ4v) is 2.25. The smallest absolute Gasteiger partial charge is 0.319 e. The van der Waals surface area contributed by atoms with Gasteiger partial charge in [-0.15, -0.1) is 0 Å². The highest BCUT2D eigenvalue weighted by Crippen LogP contribution is 2.20. The minimum Gasteiger partial charge on any atom is -0.492 e. The number of para-hydroxylation sites is 1. The molecule has 0 aliphatic heterocycles. The first-order valence-electron chi connectivity index (χ1n) is 7.05. The van der Waals surface area contributed by atoms with Crippen LogP contribution in [-0.4, -0.2) is 19.2 Å². The van der Waals surface area contributed by atoms with Gasteiger partial charge < -0.3 is 15.4 Å². The Bertz CT molecular complexity index is 659. The zero-order valence-corrected chi connectivity index (χ0v) is 14.2. The van der Waals surface area contributed by atoms with Crippen LogP contribution in [0.5, 0.6) is 5.75 Å². The molecule has 2 N–H and O–H groups in total. The summed E-state index contributed by atoms with van der Waals surface area (Å²) in [6, 6.07) is 13.2. The minimum absolute atomic E-state index is 0.254. The number of carbonyl (C=O) groups excluding carboxylic acids is 1. The Kier molecular flexibility index (Phi) is 5.83. The molecule has 2 rings (SSSR count). The number of carbonyl (C=O) groups is 1. The van der Waals surface area contributed by atoms with Gasteiger partial charge >= 0.3 is 6.03 Å². The van der Waals surface area contributed by atoms with Crippen molar-refractivity contribution in [1.29, 1.82) is 0 Å². The van der Waals surface area contributed by atoms with Crippen LogP contribution >= 0.6 is 15.9 Å². The van der Waals surface area contributed by atoms with Crippen LogP contribution in [0.3, 0.4) is 0 Å². The molecule has 0 saturated carbocycles. The lowest BCUT2D eigenvalue weighted by molar-refractivity contribution is 0.247. The van der Waals surface area contributed by atoms with Crippen molar-refractivity contribution in [3.05, 3.63) is 58.1 Å². The Balaban J connectivity index is 1.73. The fourth-order valence-electron chi connectivity index (χ4n) is 1.87. The Labute approximate surface area is 139 Å². The average molecular weight is 363 g/mol. The molecule has 0 saturated heterocycles. The largest absolute Gasteiger partial charge is 0.492 e. The summed E-state index contributed by atoms with van der Waals surface area (Å²) in [5, 5.41) is 5.53. The summed E-state index contributed by atoms with van der Waals surface area (Å²) in [7, 11) is 0. The molecule has 0 radical (unpaired) electrons. The lowest BCUT2D eigenvalue weighted by Gasteiger charge is -2.11. The van der Waals surface area contributed by atoms with E-state index in [4.69, 9.17) is 4.74 Å². The predicted octanol–water partition coefficient (Wildman–Crippen LogP) is 4.27. The van der Waals surface area contributed by atoms with Crippen molar-refractivity contribution in [2.24, 2.45) is 0 Å². The molecule has 2 aromatic carbocycles. The molecule has 0 aliphatic rings. The molecule has 0 spiro atoms. The monoisotopic (exact) mass is 362 g/mol. The van der Waals surface area contributed by atoms with Gasteiger partial charge in [0, 0.05) is 4.47 Å². The van der Waals surface area contributed by atoms with Gasteiger partial charge in [-0.25, -0.2) is 4.79 Å². The van der Waals surface area contributed by atoms with Crippen LogP contribution in [0, 0.1) is 13.8 Å². The maximum absolute atomic E-state index is 11.8. The second-order valence-corrected chi connectivity index (χ2v) is 5.81. The van der Waals surface area contributed by atoms with Crippen molar-refractivity contribution in [3.63, 3.8) is 0 Å². The van der Waals surface area contributed by atoms with E-state index in [9.17, 15) is 4.79 Å². The first-order valence-corrected chi connectivity index (χ1v) is 7.85. The molecule has 0 atom stereocenters. The number of anilines is 1. The SMILES string of the molecule is Cc1ccc(OCCNC(=O)Nc2ccccc2Br)cc1C. The molecule has 5 heteroatoms. The van der Waals surface area contributed by atoms with E-state index in [1.165, 1.54) is 11.1 Å². The van der Waals surface area contributed by atoms with Gasteiger partial charge in [0.2, 0.25) is 0 Å². The maximum atomic E-state index is 11.8. The average Bonchev–Trinajstić information content (AvgIpc) is 2.49. The highest BCUT2D eigenvalue weighted by Gasteiger charge is 2.04. The van der Waals surface area contributed by atoms with Gasteiger partial charge in [0.25, 0.3) is 0 Å². The summed E-state index contributed by atoms with van der Waals surface area (Å²) < 4.78 is 6.46. The van der Waals surface area contributed by atoms with Crippen LogP contribution in [0.1, 0.15) is 11.1 Å². The molecule has 116 valence electrons. The number of amides is 2. The number of hydrogen-bond donors (Lipinski definition) is 2. The van der Waals surface area contributed by atoms with Crippen molar-refractivity contribution >= 4 is 27.6 Å². The van der Waals surface area contributed by atoms with Crippen LogP contribution < -0.4 is 15.4 Å². The maximum Gasteiger partial charge on any atom is 0.319 e. The van der Waals surface area contributed by atoms with Crippen molar-refractivity contribution in [1.82, 2.24) is 5.32 Å². The normalized spacial score (nSPS) is 10.1. The van der Waals surface area contributed by atoms with Crippen molar-refractivity contribution in [2.45, 2.75) is 13.8 Å². The highest BCUT2D eigenvalue weighted by molar-refractivity contribution is 9.10. The lowest BCUT2D eigenvalue weighted by Crippen LogP contribution is -2.32. The number of hydrogen-bond acceptors (Lipinski definition) is 2. The molecule has 0 fully saturated rings. The first-order chi connectivity index (χ1) is 10.6. The summed E-state index contributed by atoms with van der Waals surface area (Å²) >= 11 is 3.38. The molecule has 2 aromatic rings. The molecule has 4 nitrogen and oxygen atoms in total. The van der Waals surface area contributed by atoms with Gasteiger partial charge in [0.1, 0.15) is 12.4 Å². The van der Waals surface area contributed by atoms with E-state index in [-0.39, 0.29) is 6.03 Å². The van der Waals surface area contributed by atoms with Gasteiger partial charge in [0.15, 0.2) is 0 Å². The van der Waals surface area contributed by atoms with E-state index in [0.717, 1.165) is 15.9 Å². The quantitative estimate of drug-likeness (QED) is 0.780. The van der Waals surface area contributed by atoms with Crippen LogP contribution in [0.2, 0.25) is 0 Å². The third kappa shape index (κ3) is 4.77.